The fourth-order valence-electron chi connectivity index (χ4n) is 2.54. The fraction of sp³-hybridized carbons (Fsp3) is 0.529. The normalized spacial score (nSPS) is 22.8. The van der Waals surface area contributed by atoms with Crippen molar-refractivity contribution in [3.8, 4) is 11.5 Å². The Balaban J connectivity index is 1.89. The second kappa shape index (κ2) is 5.53. The number of hydrogen-bond donors (Lipinski definition) is 0. The number of benzene rings is 1. The standard InChI is InChI=1S/C17H22BFO4/c1-11(12-6-7-13-14(10-12)21-9-8-20-13)15(19)18-22-16(2,3)17(4,5)23-18/h6-7,10H,8-9H2,1-5H3. The lowest BCUT2D eigenvalue weighted by molar-refractivity contribution is 0.00578. The third kappa shape index (κ3) is 2.86. The second-order valence-corrected chi connectivity index (χ2v) is 6.92. The molecule has 4 nitrogen and oxygen atoms in total. The summed E-state index contributed by atoms with van der Waals surface area (Å²) in [6, 6.07) is 5.40. The molecule has 0 aliphatic carbocycles. The van der Waals surface area contributed by atoms with Crippen LogP contribution in [0.15, 0.2) is 23.9 Å². The van der Waals surface area contributed by atoms with Gasteiger partial charge in [0, 0.05) is 0 Å². The van der Waals surface area contributed by atoms with Crippen LogP contribution < -0.4 is 9.47 Å². The number of fused-ring (bicyclic) bond motifs is 1. The molecule has 0 atom stereocenters. The minimum atomic E-state index is -0.992. The Hall–Kier alpha value is -1.53. The summed E-state index contributed by atoms with van der Waals surface area (Å²) in [6.45, 7) is 10.4. The van der Waals surface area contributed by atoms with Gasteiger partial charge in [-0.15, -0.1) is 0 Å². The average molecular weight is 320 g/mol. The molecule has 1 saturated heterocycles. The first-order valence-electron chi connectivity index (χ1n) is 7.83. The van der Waals surface area contributed by atoms with Gasteiger partial charge in [0.2, 0.25) is 0 Å². The van der Waals surface area contributed by atoms with Crippen molar-refractivity contribution in [3.05, 3.63) is 29.5 Å². The van der Waals surface area contributed by atoms with Gasteiger partial charge in [0.05, 0.1) is 11.2 Å². The molecule has 124 valence electrons. The van der Waals surface area contributed by atoms with Crippen molar-refractivity contribution in [3.63, 3.8) is 0 Å². The SMILES string of the molecule is CC(=C(F)B1OC(C)(C)C(C)(C)O1)c1ccc2c(c1)OCCO2. The molecule has 23 heavy (non-hydrogen) atoms. The van der Waals surface area contributed by atoms with Gasteiger partial charge in [-0.25, -0.2) is 4.39 Å². The molecule has 2 aliphatic rings. The van der Waals surface area contributed by atoms with E-state index < -0.39 is 24.0 Å². The van der Waals surface area contributed by atoms with Crippen LogP contribution in [0, 0.1) is 0 Å². The smallest absolute Gasteiger partial charge is 0.486 e. The number of halogens is 1. The predicted molar refractivity (Wildman–Crippen MR) is 87.2 cm³/mol. The largest absolute Gasteiger partial charge is 0.525 e. The molecular formula is C17H22BFO4. The van der Waals surface area contributed by atoms with Crippen molar-refractivity contribution < 1.29 is 23.2 Å². The molecule has 2 aliphatic heterocycles. The number of allylic oxidation sites excluding steroid dienone is 1. The van der Waals surface area contributed by atoms with Crippen LogP contribution >= 0.6 is 0 Å². The summed E-state index contributed by atoms with van der Waals surface area (Å²) >= 11 is 0. The van der Waals surface area contributed by atoms with Gasteiger partial charge in [0.1, 0.15) is 18.9 Å². The highest BCUT2D eigenvalue weighted by Crippen LogP contribution is 2.41. The summed E-state index contributed by atoms with van der Waals surface area (Å²) in [7, 11) is -0.992. The zero-order valence-electron chi connectivity index (χ0n) is 14.2. The second-order valence-electron chi connectivity index (χ2n) is 6.92. The van der Waals surface area contributed by atoms with Gasteiger partial charge in [0.25, 0.3) is 0 Å². The lowest BCUT2D eigenvalue weighted by Gasteiger charge is -2.32. The van der Waals surface area contributed by atoms with Crippen LogP contribution in [-0.4, -0.2) is 31.5 Å². The Morgan fingerprint density at radius 3 is 2.17 bits per heavy atom. The topological polar surface area (TPSA) is 36.9 Å². The van der Waals surface area contributed by atoms with E-state index in [1.165, 1.54) is 0 Å². The summed E-state index contributed by atoms with van der Waals surface area (Å²) in [6.07, 6.45) is 0. The van der Waals surface area contributed by atoms with E-state index in [1.54, 1.807) is 19.1 Å². The summed E-state index contributed by atoms with van der Waals surface area (Å²) < 4.78 is 37.4. The lowest BCUT2D eigenvalue weighted by atomic mass is 9.83. The van der Waals surface area contributed by atoms with Crippen molar-refractivity contribution in [2.75, 3.05) is 13.2 Å². The fourth-order valence-corrected chi connectivity index (χ4v) is 2.54. The monoisotopic (exact) mass is 320 g/mol. The van der Waals surface area contributed by atoms with Crippen LogP contribution in [0.25, 0.3) is 5.57 Å². The van der Waals surface area contributed by atoms with Crippen molar-refractivity contribution in [2.45, 2.75) is 45.8 Å². The van der Waals surface area contributed by atoms with Gasteiger partial charge in [-0.1, -0.05) is 6.07 Å². The van der Waals surface area contributed by atoms with Crippen LogP contribution in [0.5, 0.6) is 11.5 Å². The van der Waals surface area contributed by atoms with E-state index in [9.17, 15) is 4.39 Å². The molecule has 0 unspecified atom stereocenters. The first kappa shape index (κ1) is 16.3. The van der Waals surface area contributed by atoms with Gasteiger partial charge in [-0.3, -0.25) is 0 Å². The van der Waals surface area contributed by atoms with Crippen LogP contribution in [0.3, 0.4) is 0 Å². The number of ether oxygens (including phenoxy) is 2. The van der Waals surface area contributed by atoms with E-state index in [4.69, 9.17) is 18.8 Å². The van der Waals surface area contributed by atoms with Crippen molar-refractivity contribution in [1.29, 1.82) is 0 Å². The third-order valence-electron chi connectivity index (χ3n) is 4.79. The van der Waals surface area contributed by atoms with Crippen LogP contribution in [0.4, 0.5) is 4.39 Å². The molecule has 0 amide bonds. The van der Waals surface area contributed by atoms with E-state index in [-0.39, 0.29) is 0 Å². The minimum absolute atomic E-state index is 0.416. The zero-order valence-corrected chi connectivity index (χ0v) is 14.2. The summed E-state index contributed by atoms with van der Waals surface area (Å²) in [5.74, 6) is 1.32. The summed E-state index contributed by atoms with van der Waals surface area (Å²) in [5.41, 5.74) is -0.355. The van der Waals surface area contributed by atoms with Gasteiger partial charge in [-0.05, 0) is 57.9 Å². The van der Waals surface area contributed by atoms with E-state index in [0.717, 1.165) is 5.56 Å². The molecule has 0 saturated carbocycles. The maximum atomic E-state index is 14.9. The van der Waals surface area contributed by atoms with E-state index >= 15 is 0 Å². The first-order chi connectivity index (χ1) is 10.7. The quantitative estimate of drug-likeness (QED) is 0.777. The Bertz CT molecular complexity index is 638. The molecule has 1 fully saturated rings. The molecule has 1 aromatic rings. The molecule has 3 rings (SSSR count). The molecule has 0 bridgehead atoms. The Morgan fingerprint density at radius 1 is 1.00 bits per heavy atom. The Labute approximate surface area is 136 Å². The molecule has 2 heterocycles. The summed E-state index contributed by atoms with van der Waals surface area (Å²) in [5, 5.41) is 0. The lowest BCUT2D eigenvalue weighted by Crippen LogP contribution is -2.41. The maximum Gasteiger partial charge on any atom is 0.525 e. The van der Waals surface area contributed by atoms with Crippen LogP contribution in [0.2, 0.25) is 0 Å². The van der Waals surface area contributed by atoms with Crippen molar-refractivity contribution >= 4 is 12.7 Å². The highest BCUT2D eigenvalue weighted by Gasteiger charge is 2.53. The molecule has 0 radical (unpaired) electrons. The number of hydrogen-bond acceptors (Lipinski definition) is 4. The number of rotatable bonds is 2. The van der Waals surface area contributed by atoms with E-state index in [1.807, 2.05) is 33.8 Å². The molecule has 0 spiro atoms. The van der Waals surface area contributed by atoms with Gasteiger partial charge in [-0.2, -0.15) is 0 Å². The van der Waals surface area contributed by atoms with Gasteiger partial charge < -0.3 is 18.8 Å². The van der Waals surface area contributed by atoms with Crippen LogP contribution in [0.1, 0.15) is 40.2 Å². The summed E-state index contributed by atoms with van der Waals surface area (Å²) in [4.78, 5) is 0. The van der Waals surface area contributed by atoms with Gasteiger partial charge >= 0.3 is 7.12 Å². The van der Waals surface area contributed by atoms with Crippen molar-refractivity contribution in [1.82, 2.24) is 0 Å². The highest BCUT2D eigenvalue weighted by molar-refractivity contribution is 6.55. The molecule has 6 heteroatoms. The molecule has 0 N–H and O–H groups in total. The predicted octanol–water partition coefficient (Wildman–Crippen LogP) is 3.79. The minimum Gasteiger partial charge on any atom is -0.486 e. The van der Waals surface area contributed by atoms with E-state index in [2.05, 4.69) is 0 Å². The molecular weight excluding hydrogens is 298 g/mol. The van der Waals surface area contributed by atoms with Gasteiger partial charge in [0.15, 0.2) is 11.5 Å². The van der Waals surface area contributed by atoms with E-state index in [0.29, 0.717) is 30.3 Å². The van der Waals surface area contributed by atoms with Crippen molar-refractivity contribution in [2.24, 2.45) is 0 Å². The third-order valence-corrected chi connectivity index (χ3v) is 4.79. The van der Waals surface area contributed by atoms with Crippen LogP contribution in [-0.2, 0) is 9.31 Å². The Morgan fingerprint density at radius 2 is 1.57 bits per heavy atom. The molecule has 0 aromatic heterocycles. The maximum absolute atomic E-state index is 14.9. The Kier molecular flexibility index (Phi) is 3.93. The highest BCUT2D eigenvalue weighted by atomic mass is 19.1. The first-order valence-corrected chi connectivity index (χ1v) is 7.83. The molecule has 1 aromatic carbocycles. The zero-order chi connectivity index (χ0) is 16.8. The average Bonchev–Trinajstić information content (AvgIpc) is 2.73.